The fourth-order valence-corrected chi connectivity index (χ4v) is 3.82. The second-order valence-corrected chi connectivity index (χ2v) is 7.78. The Kier molecular flexibility index (Phi) is 9.39. The number of amides is 1. The van der Waals surface area contributed by atoms with Crippen LogP contribution < -0.4 is 0 Å². The number of hydrogen-bond acceptors (Lipinski definition) is 5. The van der Waals surface area contributed by atoms with Crippen molar-refractivity contribution in [2.45, 2.75) is 103 Å². The number of ether oxygens (including phenoxy) is 3. The molecule has 1 saturated carbocycles. The summed E-state index contributed by atoms with van der Waals surface area (Å²) in [7, 11) is 0. The molecule has 0 bridgehead atoms. The summed E-state index contributed by atoms with van der Waals surface area (Å²) in [6, 6.07) is 0. The minimum absolute atomic E-state index is 0.0595. The van der Waals surface area contributed by atoms with Gasteiger partial charge in [-0.05, 0) is 44.9 Å². The van der Waals surface area contributed by atoms with Crippen molar-refractivity contribution in [2.75, 3.05) is 19.7 Å². The van der Waals surface area contributed by atoms with Gasteiger partial charge < -0.3 is 19.1 Å². The molecule has 6 heteroatoms. The fourth-order valence-electron chi connectivity index (χ4n) is 3.82. The molecule has 1 aliphatic carbocycles. The molecule has 156 valence electrons. The lowest BCUT2D eigenvalue weighted by molar-refractivity contribution is -0.214. The molecule has 2 rings (SSSR count). The molecule has 0 aromatic heterocycles. The molecule has 0 aromatic carbocycles. The van der Waals surface area contributed by atoms with Crippen LogP contribution in [0.15, 0.2) is 0 Å². The van der Waals surface area contributed by atoms with Gasteiger partial charge in [0.1, 0.15) is 6.10 Å². The molecule has 0 N–H and O–H groups in total. The maximum absolute atomic E-state index is 12.5. The van der Waals surface area contributed by atoms with Crippen molar-refractivity contribution in [2.24, 2.45) is 0 Å². The first kappa shape index (κ1) is 22.0. The predicted octanol–water partition coefficient (Wildman–Crippen LogP) is 4.80. The zero-order valence-electron chi connectivity index (χ0n) is 17.2. The maximum atomic E-state index is 12.5. The summed E-state index contributed by atoms with van der Waals surface area (Å²) in [5, 5.41) is 0. The average Bonchev–Trinajstić information content (AvgIpc) is 3.14. The number of unbranched alkanes of at least 4 members (excludes halogenated alkanes) is 1. The van der Waals surface area contributed by atoms with Crippen LogP contribution in [0, 0.1) is 0 Å². The normalized spacial score (nSPS) is 23.2. The molecule has 2 fully saturated rings. The highest BCUT2D eigenvalue weighted by molar-refractivity contribution is 5.70. The highest BCUT2D eigenvalue weighted by Gasteiger charge is 2.37. The lowest BCUT2D eigenvalue weighted by Crippen LogP contribution is -2.37. The largest absolute Gasteiger partial charge is 0.446 e. The molecule has 1 unspecified atom stereocenters. The number of nitrogens with zero attached hydrogens (tertiary/aromatic N) is 1. The SMILES string of the molecule is CCCCN(CCCC(=O)OC1(CC)CCCO1)C(=O)OC1CCCCC1. The third-order valence-electron chi connectivity index (χ3n) is 5.57. The van der Waals surface area contributed by atoms with E-state index in [0.717, 1.165) is 51.4 Å². The van der Waals surface area contributed by atoms with Gasteiger partial charge in [0.15, 0.2) is 0 Å². The Morgan fingerprint density at radius 1 is 1.07 bits per heavy atom. The van der Waals surface area contributed by atoms with E-state index in [2.05, 4.69) is 6.92 Å². The molecule has 1 atom stereocenters. The van der Waals surface area contributed by atoms with E-state index in [4.69, 9.17) is 14.2 Å². The van der Waals surface area contributed by atoms with Gasteiger partial charge >= 0.3 is 12.1 Å². The summed E-state index contributed by atoms with van der Waals surface area (Å²) < 4.78 is 16.9. The summed E-state index contributed by atoms with van der Waals surface area (Å²) in [5.74, 6) is -0.964. The van der Waals surface area contributed by atoms with Crippen molar-refractivity contribution in [3.8, 4) is 0 Å². The molecule has 1 heterocycles. The van der Waals surface area contributed by atoms with E-state index in [1.807, 2.05) is 6.92 Å². The van der Waals surface area contributed by atoms with Crippen LogP contribution in [0.5, 0.6) is 0 Å². The molecule has 1 amide bonds. The highest BCUT2D eigenvalue weighted by atomic mass is 16.7. The van der Waals surface area contributed by atoms with Crippen LogP contribution in [0.3, 0.4) is 0 Å². The molecule has 1 saturated heterocycles. The first-order chi connectivity index (χ1) is 13.1. The lowest BCUT2D eigenvalue weighted by Gasteiger charge is -2.28. The van der Waals surface area contributed by atoms with Gasteiger partial charge in [0.05, 0.1) is 6.61 Å². The molecular formula is C21H37NO5. The van der Waals surface area contributed by atoms with Crippen molar-refractivity contribution in [1.82, 2.24) is 4.90 Å². The summed E-state index contributed by atoms with van der Waals surface area (Å²) in [5.41, 5.74) is 0. The maximum Gasteiger partial charge on any atom is 0.410 e. The van der Waals surface area contributed by atoms with Crippen LogP contribution in [0.1, 0.15) is 90.9 Å². The van der Waals surface area contributed by atoms with Crippen LogP contribution in [0.25, 0.3) is 0 Å². The Bertz CT molecular complexity index is 455. The summed E-state index contributed by atoms with van der Waals surface area (Å²) in [4.78, 5) is 26.5. The third kappa shape index (κ3) is 7.32. The molecular weight excluding hydrogens is 346 g/mol. The number of esters is 1. The van der Waals surface area contributed by atoms with Crippen molar-refractivity contribution in [3.05, 3.63) is 0 Å². The Morgan fingerprint density at radius 3 is 2.44 bits per heavy atom. The van der Waals surface area contributed by atoms with Gasteiger partial charge in [0.25, 0.3) is 0 Å². The number of rotatable bonds is 10. The second-order valence-electron chi connectivity index (χ2n) is 7.78. The van der Waals surface area contributed by atoms with Gasteiger partial charge in [-0.2, -0.15) is 0 Å². The highest BCUT2D eigenvalue weighted by Crippen LogP contribution is 2.30. The van der Waals surface area contributed by atoms with Gasteiger partial charge in [0, 0.05) is 32.4 Å². The molecule has 2 aliphatic rings. The predicted molar refractivity (Wildman–Crippen MR) is 103 cm³/mol. The zero-order chi connectivity index (χ0) is 19.5. The smallest absolute Gasteiger partial charge is 0.410 e. The van der Waals surface area contributed by atoms with E-state index in [-0.39, 0.29) is 18.2 Å². The summed E-state index contributed by atoms with van der Waals surface area (Å²) in [6.45, 7) is 5.94. The first-order valence-electron chi connectivity index (χ1n) is 10.9. The van der Waals surface area contributed by atoms with Gasteiger partial charge in [-0.15, -0.1) is 0 Å². The van der Waals surface area contributed by atoms with E-state index < -0.39 is 5.79 Å². The van der Waals surface area contributed by atoms with Crippen LogP contribution in [-0.4, -0.2) is 48.5 Å². The van der Waals surface area contributed by atoms with Crippen LogP contribution in [0.4, 0.5) is 4.79 Å². The Labute approximate surface area is 163 Å². The van der Waals surface area contributed by atoms with Gasteiger partial charge in [0.2, 0.25) is 5.79 Å². The molecule has 0 radical (unpaired) electrons. The van der Waals surface area contributed by atoms with Crippen molar-refractivity contribution in [1.29, 1.82) is 0 Å². The number of carbonyl (C=O) groups excluding carboxylic acids is 2. The Morgan fingerprint density at radius 2 is 1.81 bits per heavy atom. The van der Waals surface area contributed by atoms with Crippen molar-refractivity contribution < 1.29 is 23.8 Å². The Balaban J connectivity index is 1.75. The lowest BCUT2D eigenvalue weighted by atomic mass is 9.98. The minimum Gasteiger partial charge on any atom is -0.446 e. The molecule has 1 aliphatic heterocycles. The van der Waals surface area contributed by atoms with Gasteiger partial charge in [-0.1, -0.05) is 26.7 Å². The molecule has 27 heavy (non-hydrogen) atoms. The topological polar surface area (TPSA) is 65.1 Å². The fraction of sp³-hybridized carbons (Fsp3) is 0.905. The minimum atomic E-state index is -0.723. The van der Waals surface area contributed by atoms with Crippen LogP contribution in [-0.2, 0) is 19.0 Å². The monoisotopic (exact) mass is 383 g/mol. The van der Waals surface area contributed by atoms with Crippen LogP contribution in [0.2, 0.25) is 0 Å². The number of hydrogen-bond donors (Lipinski definition) is 0. The number of carbonyl (C=O) groups is 2. The molecule has 0 spiro atoms. The second kappa shape index (κ2) is 11.5. The summed E-state index contributed by atoms with van der Waals surface area (Å²) in [6.07, 6.45) is 10.5. The van der Waals surface area contributed by atoms with E-state index in [1.54, 1.807) is 4.90 Å². The van der Waals surface area contributed by atoms with E-state index >= 15 is 0 Å². The van der Waals surface area contributed by atoms with Gasteiger partial charge in [-0.3, -0.25) is 4.79 Å². The van der Waals surface area contributed by atoms with Crippen LogP contribution >= 0.6 is 0 Å². The quantitative estimate of drug-likeness (QED) is 0.507. The van der Waals surface area contributed by atoms with Gasteiger partial charge in [-0.25, -0.2) is 4.79 Å². The van der Waals surface area contributed by atoms with E-state index in [9.17, 15) is 9.59 Å². The summed E-state index contributed by atoms with van der Waals surface area (Å²) >= 11 is 0. The van der Waals surface area contributed by atoms with Crippen molar-refractivity contribution in [3.63, 3.8) is 0 Å². The standard InChI is InChI=1S/C21H37NO5/c1-3-5-15-22(20(24)26-18-11-7-6-8-12-18)16-9-13-19(23)27-21(4-2)14-10-17-25-21/h18H,3-17H2,1-2H3. The Hall–Kier alpha value is -1.30. The van der Waals surface area contributed by atoms with E-state index in [0.29, 0.717) is 39.0 Å². The molecule has 6 nitrogen and oxygen atoms in total. The first-order valence-corrected chi connectivity index (χ1v) is 10.9. The van der Waals surface area contributed by atoms with Crippen molar-refractivity contribution >= 4 is 12.1 Å². The van der Waals surface area contributed by atoms with E-state index in [1.165, 1.54) is 6.42 Å². The zero-order valence-corrected chi connectivity index (χ0v) is 17.2. The average molecular weight is 384 g/mol. The third-order valence-corrected chi connectivity index (χ3v) is 5.57. The molecule has 0 aromatic rings.